The molecule has 0 aromatic heterocycles. The molecule has 460 valence electrons. The summed E-state index contributed by atoms with van der Waals surface area (Å²) < 4.78 is 10.9. The standard InChI is InChI=1S/C60H86N10O12S2/c1-35(65(13)55(79)81-57(3,4)5)47(71)61-39-25-31-83-41-33-59(9,10)45(69(41)51(39)75)49(73)63-43(37-21-17-15-18-22-37)53(77)67-27-29-68(30-28-67)54(78)44(38-23-19-16-20-24-38)64-50(74)46-60(11,12)34-42-70(46)52(76)40(26-32-84-42)62-48(72)36(2)66(14)56(80)82-58(6,7)8/h15-24,35-36,39-46H,25-34H2,1-14H3,(H,61,71)(H,62,72)(H,63,73)(H,64,74)/t35-,36-,39-,40-,41-,42-,43-,44-,45+,46+/m0/s1. The Hall–Kier alpha value is -6.56. The summed E-state index contributed by atoms with van der Waals surface area (Å²) in [6, 6.07) is 9.19. The van der Waals surface area contributed by atoms with E-state index in [2.05, 4.69) is 21.3 Å². The molecule has 0 aliphatic carbocycles. The van der Waals surface area contributed by atoms with Crippen molar-refractivity contribution in [2.75, 3.05) is 51.8 Å². The van der Waals surface area contributed by atoms with Gasteiger partial charge in [-0.3, -0.25) is 48.2 Å². The van der Waals surface area contributed by atoms with Crippen molar-refractivity contribution >= 4 is 83.0 Å². The summed E-state index contributed by atoms with van der Waals surface area (Å²) in [6.45, 7) is 21.3. The van der Waals surface area contributed by atoms with E-state index in [9.17, 15) is 47.9 Å². The summed E-state index contributed by atoms with van der Waals surface area (Å²) in [4.78, 5) is 151. The van der Waals surface area contributed by atoms with Gasteiger partial charge in [-0.15, -0.1) is 23.5 Å². The van der Waals surface area contributed by atoms with Crippen molar-refractivity contribution in [2.24, 2.45) is 10.8 Å². The molecule has 10 amide bonds. The minimum Gasteiger partial charge on any atom is -0.444 e. The van der Waals surface area contributed by atoms with Gasteiger partial charge in [0.2, 0.25) is 47.3 Å². The molecule has 5 fully saturated rings. The van der Waals surface area contributed by atoms with Crippen LogP contribution in [0.1, 0.15) is 132 Å². The summed E-state index contributed by atoms with van der Waals surface area (Å²) in [5.74, 6) is -2.93. The SMILES string of the molecule is C[C@@H](C(=O)N[C@H]1CCS[C@H]2CC(C)(C)[C@@H](C(=O)N[C@H](C(=O)N3CCN(C(=O)[C@@H](NC(=O)[C@H]4N5C(=O)[C@@H](NC(=O)[C@H](C)N(C)C(=O)OC(C)(C)C)CCS[C@H]5CC4(C)C)c4ccccc4)CC3)c3ccccc3)N2C1=O)N(C)C(=O)OC(C)(C)C. The molecule has 10 atom stereocenters. The van der Waals surface area contributed by atoms with Gasteiger partial charge in [-0.05, 0) is 115 Å². The van der Waals surface area contributed by atoms with Gasteiger partial charge in [0.15, 0.2) is 0 Å². The molecule has 0 spiro atoms. The number of likely N-dealkylation sites (N-methyl/N-ethyl adjacent to an activating group) is 2. The van der Waals surface area contributed by atoms with Crippen molar-refractivity contribution < 1.29 is 57.4 Å². The average molecular weight is 1200 g/mol. The number of carbonyl (C=O) groups excluding carboxylic acids is 10. The number of fused-ring (bicyclic) bond motifs is 2. The molecule has 0 bridgehead atoms. The number of amides is 10. The van der Waals surface area contributed by atoms with Crippen LogP contribution in [0, 0.1) is 10.8 Å². The van der Waals surface area contributed by atoms with Crippen LogP contribution in [0.2, 0.25) is 0 Å². The number of carbonyl (C=O) groups is 10. The lowest BCUT2D eigenvalue weighted by atomic mass is 9.83. The second-order valence-electron chi connectivity index (χ2n) is 25.9. The van der Waals surface area contributed by atoms with E-state index < -0.39 is 141 Å². The zero-order valence-corrected chi connectivity index (χ0v) is 52.6. The average Bonchev–Trinajstić information content (AvgIpc) is 2.27. The van der Waals surface area contributed by atoms with Crippen LogP contribution in [-0.2, 0) is 47.8 Å². The molecular weight excluding hydrogens is 1120 g/mol. The van der Waals surface area contributed by atoms with Gasteiger partial charge in [0.1, 0.15) is 59.5 Å². The number of hydrogen-bond acceptors (Lipinski definition) is 14. The Morgan fingerprint density at radius 3 is 1.19 bits per heavy atom. The first-order valence-electron chi connectivity index (χ1n) is 28.9. The number of nitrogens with zero attached hydrogens (tertiary/aromatic N) is 6. The van der Waals surface area contributed by atoms with Crippen molar-refractivity contribution in [3.63, 3.8) is 0 Å². The van der Waals surface area contributed by atoms with E-state index in [-0.39, 0.29) is 39.0 Å². The van der Waals surface area contributed by atoms with Crippen molar-refractivity contribution in [1.82, 2.24) is 50.7 Å². The molecule has 0 saturated carbocycles. The van der Waals surface area contributed by atoms with Gasteiger partial charge in [-0.1, -0.05) is 88.4 Å². The molecule has 7 rings (SSSR count). The number of benzene rings is 2. The highest BCUT2D eigenvalue weighted by Crippen LogP contribution is 2.48. The summed E-state index contributed by atoms with van der Waals surface area (Å²) in [5.41, 5.74) is -2.09. The Labute approximate surface area is 502 Å². The van der Waals surface area contributed by atoms with Crippen LogP contribution in [-0.4, -0.2) is 199 Å². The van der Waals surface area contributed by atoms with E-state index in [1.807, 2.05) is 27.7 Å². The van der Waals surface area contributed by atoms with Crippen molar-refractivity contribution in [3.8, 4) is 0 Å². The molecule has 0 unspecified atom stereocenters. The van der Waals surface area contributed by atoms with E-state index in [1.165, 1.54) is 47.4 Å². The summed E-state index contributed by atoms with van der Waals surface area (Å²) in [7, 11) is 2.90. The molecular formula is C60H86N10O12S2. The summed E-state index contributed by atoms with van der Waals surface area (Å²) in [5, 5.41) is 11.0. The molecule has 2 aromatic rings. The van der Waals surface area contributed by atoms with Gasteiger partial charge < -0.3 is 50.3 Å². The number of thioether (sulfide) groups is 2. The number of ether oxygens (including phenoxy) is 2. The first kappa shape index (κ1) is 65.0. The summed E-state index contributed by atoms with van der Waals surface area (Å²) in [6.07, 6.45) is 0.123. The van der Waals surface area contributed by atoms with Crippen LogP contribution >= 0.6 is 23.5 Å². The Kier molecular flexibility index (Phi) is 20.1. The minimum atomic E-state index is -1.19. The van der Waals surface area contributed by atoms with Crippen LogP contribution in [0.5, 0.6) is 0 Å². The fraction of sp³-hybridized carbons (Fsp3) is 0.633. The topological polar surface area (TPSA) is 257 Å². The zero-order chi connectivity index (χ0) is 62.0. The van der Waals surface area contributed by atoms with Crippen molar-refractivity contribution in [2.45, 2.75) is 179 Å². The Bertz CT molecular complexity index is 2620. The van der Waals surface area contributed by atoms with Gasteiger partial charge in [0.25, 0.3) is 0 Å². The lowest BCUT2D eigenvalue weighted by Gasteiger charge is -2.39. The highest BCUT2D eigenvalue weighted by molar-refractivity contribution is 8.00. The lowest BCUT2D eigenvalue weighted by molar-refractivity contribution is -0.147. The molecule has 0 radical (unpaired) electrons. The highest BCUT2D eigenvalue weighted by Gasteiger charge is 2.57. The largest absolute Gasteiger partial charge is 0.444 e. The smallest absolute Gasteiger partial charge is 0.410 e. The molecule has 22 nitrogen and oxygen atoms in total. The maximum absolute atomic E-state index is 14.9. The third-order valence-electron chi connectivity index (χ3n) is 16.2. The maximum Gasteiger partial charge on any atom is 0.410 e. The van der Waals surface area contributed by atoms with Crippen LogP contribution in [0.25, 0.3) is 0 Å². The molecule has 5 aliphatic heterocycles. The van der Waals surface area contributed by atoms with Gasteiger partial charge >= 0.3 is 12.2 Å². The van der Waals surface area contributed by atoms with Gasteiger partial charge in [-0.2, -0.15) is 0 Å². The molecule has 5 heterocycles. The van der Waals surface area contributed by atoms with Crippen molar-refractivity contribution in [1.29, 1.82) is 0 Å². The second kappa shape index (κ2) is 26.0. The monoisotopic (exact) mass is 1200 g/mol. The number of hydrogen-bond donors (Lipinski definition) is 4. The van der Waals surface area contributed by atoms with E-state index in [4.69, 9.17) is 9.47 Å². The van der Waals surface area contributed by atoms with E-state index in [0.29, 0.717) is 35.5 Å². The Balaban J connectivity index is 1.04. The van der Waals surface area contributed by atoms with Gasteiger partial charge in [-0.25, -0.2) is 9.59 Å². The number of piperazine rings is 1. The lowest BCUT2D eigenvalue weighted by Crippen LogP contribution is -2.60. The van der Waals surface area contributed by atoms with Crippen LogP contribution in [0.4, 0.5) is 9.59 Å². The molecule has 24 heteroatoms. The fourth-order valence-electron chi connectivity index (χ4n) is 11.4. The van der Waals surface area contributed by atoms with Crippen LogP contribution in [0.3, 0.4) is 0 Å². The van der Waals surface area contributed by atoms with Crippen LogP contribution in [0.15, 0.2) is 60.7 Å². The Morgan fingerprint density at radius 2 is 0.881 bits per heavy atom. The van der Waals surface area contributed by atoms with E-state index in [1.54, 1.807) is 136 Å². The zero-order valence-electron chi connectivity index (χ0n) is 51.0. The normalized spacial score (nSPS) is 24.5. The number of rotatable bonds is 14. The number of nitrogens with one attached hydrogen (secondary N) is 4. The third-order valence-corrected chi connectivity index (χ3v) is 18.7. The molecule has 84 heavy (non-hydrogen) atoms. The highest BCUT2D eigenvalue weighted by atomic mass is 32.2. The van der Waals surface area contributed by atoms with Crippen molar-refractivity contribution in [3.05, 3.63) is 71.8 Å². The minimum absolute atomic E-state index is 0.0799. The Morgan fingerprint density at radius 1 is 0.560 bits per heavy atom. The van der Waals surface area contributed by atoms with E-state index in [0.717, 1.165) is 0 Å². The molecule has 5 aliphatic rings. The van der Waals surface area contributed by atoms with Gasteiger partial charge in [0, 0.05) is 40.3 Å². The first-order valence-corrected chi connectivity index (χ1v) is 31.0. The predicted octanol–water partition coefficient (Wildman–Crippen LogP) is 5.03. The summed E-state index contributed by atoms with van der Waals surface area (Å²) >= 11 is 3.04. The first-order chi connectivity index (χ1) is 39.2. The quantitative estimate of drug-likeness (QED) is 0.194. The van der Waals surface area contributed by atoms with Crippen LogP contribution < -0.4 is 21.3 Å². The second-order valence-corrected chi connectivity index (χ2v) is 28.5. The molecule has 5 saturated heterocycles. The molecule has 2 aromatic carbocycles. The van der Waals surface area contributed by atoms with Gasteiger partial charge in [0.05, 0.1) is 10.7 Å². The molecule has 4 N–H and O–H groups in total. The maximum atomic E-state index is 14.9. The third kappa shape index (κ3) is 14.9. The van der Waals surface area contributed by atoms with E-state index >= 15 is 0 Å². The fourth-order valence-corrected chi connectivity index (χ4v) is 14.6. The predicted molar refractivity (Wildman–Crippen MR) is 318 cm³/mol.